The molecule has 70 valence electrons. The molecule has 0 atom stereocenters. The molecule has 0 unspecified atom stereocenters. The van der Waals surface area contributed by atoms with Crippen molar-refractivity contribution in [1.82, 2.24) is 0 Å². The summed E-state index contributed by atoms with van der Waals surface area (Å²) in [5.74, 6) is 0. The van der Waals surface area contributed by atoms with Gasteiger partial charge in [0, 0.05) is 6.42 Å². The molecule has 1 nitrogen and oxygen atoms in total. The molecule has 1 aromatic rings. The number of aldehydes is 1. The molecule has 1 rings (SSSR count). The number of hydrogen-bond acceptors (Lipinski definition) is 1. The van der Waals surface area contributed by atoms with Crippen molar-refractivity contribution in [2.45, 2.75) is 32.6 Å². The minimum atomic E-state index is 0.700. The smallest absolute Gasteiger partial charge is 0.119 e. The Bertz CT molecular complexity index is 266. The molecule has 0 saturated carbocycles. The Morgan fingerprint density at radius 1 is 1.31 bits per heavy atom. The fraction of sp³-hybridized carbons (Fsp3) is 0.417. The van der Waals surface area contributed by atoms with Crippen molar-refractivity contribution in [3.8, 4) is 0 Å². The number of aryl methyl sites for hydroxylation is 2. The lowest BCUT2D eigenvalue weighted by Crippen LogP contribution is -1.86. The first-order valence-electron chi connectivity index (χ1n) is 4.82. The van der Waals surface area contributed by atoms with Gasteiger partial charge in [0.15, 0.2) is 0 Å². The predicted molar refractivity (Wildman–Crippen MR) is 54.8 cm³/mol. The second-order valence-corrected chi connectivity index (χ2v) is 3.40. The maximum Gasteiger partial charge on any atom is 0.119 e. The van der Waals surface area contributed by atoms with Gasteiger partial charge < -0.3 is 4.79 Å². The van der Waals surface area contributed by atoms with Crippen molar-refractivity contribution < 1.29 is 4.79 Å². The zero-order valence-corrected chi connectivity index (χ0v) is 8.12. The van der Waals surface area contributed by atoms with E-state index < -0.39 is 0 Å². The highest BCUT2D eigenvalue weighted by atomic mass is 16.1. The van der Waals surface area contributed by atoms with Crippen LogP contribution in [0.15, 0.2) is 24.3 Å². The van der Waals surface area contributed by atoms with E-state index in [9.17, 15) is 4.79 Å². The molecule has 0 saturated heterocycles. The second kappa shape index (κ2) is 5.52. The number of carbonyl (C=O) groups excluding carboxylic acids is 1. The Hall–Kier alpha value is -1.11. The first-order chi connectivity index (χ1) is 6.33. The SMILES string of the molecule is Cc1cccc(CCCCC=O)c1. The summed E-state index contributed by atoms with van der Waals surface area (Å²) in [6.45, 7) is 2.11. The fourth-order valence-corrected chi connectivity index (χ4v) is 1.42. The lowest BCUT2D eigenvalue weighted by atomic mass is 10.1. The van der Waals surface area contributed by atoms with Gasteiger partial charge in [-0.3, -0.25) is 0 Å². The highest BCUT2D eigenvalue weighted by Gasteiger charge is 1.93. The van der Waals surface area contributed by atoms with Crippen LogP contribution in [-0.2, 0) is 11.2 Å². The first kappa shape index (κ1) is 9.97. The predicted octanol–water partition coefficient (Wildman–Crippen LogP) is 2.91. The van der Waals surface area contributed by atoms with Crippen LogP contribution < -0.4 is 0 Å². The summed E-state index contributed by atoms with van der Waals surface area (Å²) in [6.07, 6.45) is 4.91. The summed E-state index contributed by atoms with van der Waals surface area (Å²) in [6, 6.07) is 8.55. The molecule has 0 N–H and O–H groups in total. The number of carbonyl (C=O) groups is 1. The average molecular weight is 176 g/mol. The monoisotopic (exact) mass is 176 g/mol. The van der Waals surface area contributed by atoms with Gasteiger partial charge in [0.2, 0.25) is 0 Å². The van der Waals surface area contributed by atoms with Crippen LogP contribution in [0.3, 0.4) is 0 Å². The third-order valence-corrected chi connectivity index (χ3v) is 2.12. The lowest BCUT2D eigenvalue weighted by Gasteiger charge is -2.00. The van der Waals surface area contributed by atoms with Crippen LogP contribution in [0.25, 0.3) is 0 Å². The highest BCUT2D eigenvalue weighted by molar-refractivity contribution is 5.48. The quantitative estimate of drug-likeness (QED) is 0.498. The number of hydrogen-bond donors (Lipinski definition) is 0. The summed E-state index contributed by atoms with van der Waals surface area (Å²) in [7, 11) is 0. The molecule has 0 aromatic heterocycles. The molecule has 1 heteroatoms. The summed E-state index contributed by atoms with van der Waals surface area (Å²) < 4.78 is 0. The van der Waals surface area contributed by atoms with E-state index in [1.54, 1.807) is 0 Å². The van der Waals surface area contributed by atoms with Gasteiger partial charge in [-0.15, -0.1) is 0 Å². The van der Waals surface area contributed by atoms with E-state index in [0.717, 1.165) is 25.5 Å². The Morgan fingerprint density at radius 3 is 2.85 bits per heavy atom. The van der Waals surface area contributed by atoms with Crippen molar-refractivity contribution in [3.63, 3.8) is 0 Å². The minimum Gasteiger partial charge on any atom is -0.303 e. The number of rotatable bonds is 5. The zero-order chi connectivity index (χ0) is 9.52. The molecule has 0 spiro atoms. The molecule has 0 aliphatic heterocycles. The van der Waals surface area contributed by atoms with E-state index >= 15 is 0 Å². The van der Waals surface area contributed by atoms with Crippen LogP contribution in [0.2, 0.25) is 0 Å². The third kappa shape index (κ3) is 3.88. The van der Waals surface area contributed by atoms with E-state index in [0.29, 0.717) is 6.42 Å². The number of unbranched alkanes of at least 4 members (excludes halogenated alkanes) is 2. The van der Waals surface area contributed by atoms with Crippen LogP contribution in [0.4, 0.5) is 0 Å². The molecule has 0 aliphatic carbocycles. The van der Waals surface area contributed by atoms with Gasteiger partial charge in [-0.2, -0.15) is 0 Å². The van der Waals surface area contributed by atoms with Crippen LogP contribution in [0, 0.1) is 6.92 Å². The zero-order valence-electron chi connectivity index (χ0n) is 8.12. The van der Waals surface area contributed by atoms with Crippen molar-refractivity contribution in [1.29, 1.82) is 0 Å². The van der Waals surface area contributed by atoms with Gasteiger partial charge in [-0.1, -0.05) is 29.8 Å². The second-order valence-electron chi connectivity index (χ2n) is 3.40. The minimum absolute atomic E-state index is 0.700. The van der Waals surface area contributed by atoms with Crippen molar-refractivity contribution >= 4 is 6.29 Å². The summed E-state index contributed by atoms with van der Waals surface area (Å²) in [4.78, 5) is 10.1. The summed E-state index contributed by atoms with van der Waals surface area (Å²) >= 11 is 0. The van der Waals surface area contributed by atoms with Crippen molar-refractivity contribution in [2.75, 3.05) is 0 Å². The molecule has 0 aliphatic rings. The number of benzene rings is 1. The first-order valence-corrected chi connectivity index (χ1v) is 4.82. The molecule has 0 heterocycles. The summed E-state index contributed by atoms with van der Waals surface area (Å²) in [5, 5.41) is 0. The van der Waals surface area contributed by atoms with Gasteiger partial charge in [0.25, 0.3) is 0 Å². The van der Waals surface area contributed by atoms with E-state index in [-0.39, 0.29) is 0 Å². The van der Waals surface area contributed by atoms with Crippen molar-refractivity contribution in [3.05, 3.63) is 35.4 Å². The average Bonchev–Trinajstić information content (AvgIpc) is 2.13. The van der Waals surface area contributed by atoms with Gasteiger partial charge in [0.1, 0.15) is 6.29 Å². The lowest BCUT2D eigenvalue weighted by molar-refractivity contribution is -0.107. The molecule has 0 amide bonds. The Balaban J connectivity index is 2.32. The topological polar surface area (TPSA) is 17.1 Å². The van der Waals surface area contributed by atoms with E-state index in [1.807, 2.05) is 0 Å². The van der Waals surface area contributed by atoms with Crippen LogP contribution in [0.5, 0.6) is 0 Å². The highest BCUT2D eigenvalue weighted by Crippen LogP contribution is 2.08. The maximum absolute atomic E-state index is 10.1. The van der Waals surface area contributed by atoms with Gasteiger partial charge >= 0.3 is 0 Å². The third-order valence-electron chi connectivity index (χ3n) is 2.12. The van der Waals surface area contributed by atoms with Crippen LogP contribution in [-0.4, -0.2) is 6.29 Å². The Kier molecular flexibility index (Phi) is 4.24. The van der Waals surface area contributed by atoms with Crippen LogP contribution in [0.1, 0.15) is 30.4 Å². The molecular formula is C12H16O. The molecule has 0 radical (unpaired) electrons. The van der Waals surface area contributed by atoms with Gasteiger partial charge in [0.05, 0.1) is 0 Å². The van der Waals surface area contributed by atoms with Crippen LogP contribution >= 0.6 is 0 Å². The van der Waals surface area contributed by atoms with Gasteiger partial charge in [-0.25, -0.2) is 0 Å². The Morgan fingerprint density at radius 2 is 2.15 bits per heavy atom. The standard InChI is InChI=1S/C12H16O/c1-11-6-5-8-12(10-11)7-3-2-4-9-13/h5-6,8-10H,2-4,7H2,1H3. The van der Waals surface area contributed by atoms with E-state index in [1.165, 1.54) is 11.1 Å². The molecule has 13 heavy (non-hydrogen) atoms. The maximum atomic E-state index is 10.1. The normalized spacial score (nSPS) is 9.92. The van der Waals surface area contributed by atoms with Gasteiger partial charge in [-0.05, 0) is 31.7 Å². The molecule has 0 fully saturated rings. The molecular weight excluding hydrogens is 160 g/mol. The van der Waals surface area contributed by atoms with E-state index in [2.05, 4.69) is 31.2 Å². The molecule has 0 bridgehead atoms. The van der Waals surface area contributed by atoms with Crippen molar-refractivity contribution in [2.24, 2.45) is 0 Å². The molecule has 1 aromatic carbocycles. The Labute approximate surface area is 79.8 Å². The summed E-state index contributed by atoms with van der Waals surface area (Å²) in [5.41, 5.74) is 2.69. The fourth-order valence-electron chi connectivity index (χ4n) is 1.42. The van der Waals surface area contributed by atoms with E-state index in [4.69, 9.17) is 0 Å². The largest absolute Gasteiger partial charge is 0.303 e.